The summed E-state index contributed by atoms with van der Waals surface area (Å²) in [5.74, 6) is 0. The molecule has 2 heterocycles. The van der Waals surface area contributed by atoms with E-state index in [1.807, 2.05) is 55.4 Å². The number of hydrogen-bond donors (Lipinski definition) is 0. The van der Waals surface area contributed by atoms with Gasteiger partial charge < -0.3 is 18.9 Å². The minimum Gasteiger partial charge on any atom is -0.449 e. The molecule has 0 unspecified atom stereocenters. The Hall–Kier alpha value is -1.54. The van der Waals surface area contributed by atoms with Crippen LogP contribution in [0.5, 0.6) is 0 Å². The van der Waals surface area contributed by atoms with Gasteiger partial charge in [0.05, 0.1) is 37.5 Å². The number of amides is 2. The lowest BCUT2D eigenvalue weighted by Crippen LogP contribution is -2.53. The van der Waals surface area contributed by atoms with E-state index < -0.39 is 34.7 Å². The standard InChI is InChI=1S/C19H34N2O6/c1-16(2)12-26-18(5,6)20(16)14(22)24-10-9-11-25-15(23)21-17(3,4)13-27-19(21,7)8/h9-13H2,1-8H3. The number of carbonyl (C=O) groups is 2. The van der Waals surface area contributed by atoms with Crippen LogP contribution in [0.1, 0.15) is 61.8 Å². The van der Waals surface area contributed by atoms with Crippen LogP contribution in [0.2, 0.25) is 0 Å². The Balaban J connectivity index is 1.78. The molecule has 8 heteroatoms. The Bertz CT molecular complexity index is 503. The summed E-state index contributed by atoms with van der Waals surface area (Å²) in [5, 5.41) is 0. The molecule has 2 amide bonds. The van der Waals surface area contributed by atoms with Crippen LogP contribution in [-0.2, 0) is 18.9 Å². The first kappa shape index (κ1) is 21.8. The molecule has 2 fully saturated rings. The Labute approximate surface area is 162 Å². The van der Waals surface area contributed by atoms with Crippen molar-refractivity contribution >= 4 is 12.2 Å². The smallest absolute Gasteiger partial charge is 0.412 e. The second kappa shape index (κ2) is 7.13. The van der Waals surface area contributed by atoms with Gasteiger partial charge in [-0.3, -0.25) is 9.80 Å². The van der Waals surface area contributed by atoms with Crippen molar-refractivity contribution in [3.63, 3.8) is 0 Å². The largest absolute Gasteiger partial charge is 0.449 e. The predicted octanol–water partition coefficient (Wildman–Crippen LogP) is 3.34. The molecule has 0 aromatic carbocycles. The van der Waals surface area contributed by atoms with Gasteiger partial charge >= 0.3 is 12.2 Å². The van der Waals surface area contributed by atoms with Gasteiger partial charge in [-0.2, -0.15) is 0 Å². The van der Waals surface area contributed by atoms with Crippen LogP contribution in [0.4, 0.5) is 9.59 Å². The highest BCUT2D eigenvalue weighted by atomic mass is 16.6. The number of rotatable bonds is 4. The summed E-state index contributed by atoms with van der Waals surface area (Å²) in [4.78, 5) is 28.1. The van der Waals surface area contributed by atoms with Crippen molar-refractivity contribution in [1.82, 2.24) is 9.80 Å². The zero-order valence-electron chi connectivity index (χ0n) is 17.9. The quantitative estimate of drug-likeness (QED) is 0.690. The lowest BCUT2D eigenvalue weighted by Gasteiger charge is -2.37. The van der Waals surface area contributed by atoms with Gasteiger partial charge in [0.1, 0.15) is 11.4 Å². The lowest BCUT2D eigenvalue weighted by molar-refractivity contribution is -0.0548. The molecule has 0 saturated carbocycles. The topological polar surface area (TPSA) is 77.5 Å². The van der Waals surface area contributed by atoms with E-state index >= 15 is 0 Å². The van der Waals surface area contributed by atoms with Gasteiger partial charge in [0.2, 0.25) is 0 Å². The minimum atomic E-state index is -0.708. The Kier molecular flexibility index (Phi) is 5.74. The molecule has 8 nitrogen and oxygen atoms in total. The maximum Gasteiger partial charge on any atom is 0.412 e. The monoisotopic (exact) mass is 386 g/mol. The van der Waals surface area contributed by atoms with Crippen molar-refractivity contribution in [3.05, 3.63) is 0 Å². The first-order valence-electron chi connectivity index (χ1n) is 9.43. The first-order valence-corrected chi connectivity index (χ1v) is 9.43. The summed E-state index contributed by atoms with van der Waals surface area (Å²) in [6.07, 6.45) is -0.434. The molecule has 2 aliphatic heterocycles. The fourth-order valence-electron chi connectivity index (χ4n) is 3.86. The molecule has 2 aliphatic rings. The molecular formula is C19H34N2O6. The van der Waals surface area contributed by atoms with Crippen molar-refractivity contribution < 1.29 is 28.5 Å². The molecule has 2 rings (SSSR count). The summed E-state index contributed by atoms with van der Waals surface area (Å²) in [6.45, 7) is 16.3. The number of nitrogens with zero attached hydrogens (tertiary/aromatic N) is 2. The van der Waals surface area contributed by atoms with Crippen molar-refractivity contribution in [2.24, 2.45) is 0 Å². The van der Waals surface area contributed by atoms with Gasteiger partial charge in [-0.15, -0.1) is 0 Å². The molecule has 0 aliphatic carbocycles. The third-order valence-electron chi connectivity index (χ3n) is 4.95. The van der Waals surface area contributed by atoms with Crippen LogP contribution in [0.3, 0.4) is 0 Å². The van der Waals surface area contributed by atoms with Crippen LogP contribution in [0, 0.1) is 0 Å². The van der Waals surface area contributed by atoms with Gasteiger partial charge in [-0.1, -0.05) is 0 Å². The van der Waals surface area contributed by atoms with Gasteiger partial charge in [-0.05, 0) is 55.4 Å². The molecular weight excluding hydrogens is 352 g/mol. The summed E-state index contributed by atoms with van der Waals surface area (Å²) in [6, 6.07) is 0. The highest BCUT2D eigenvalue weighted by molar-refractivity contribution is 5.70. The fourth-order valence-corrected chi connectivity index (χ4v) is 3.86. The van der Waals surface area contributed by atoms with E-state index in [1.54, 1.807) is 9.80 Å². The van der Waals surface area contributed by atoms with Crippen LogP contribution in [0.25, 0.3) is 0 Å². The molecule has 0 aromatic rings. The minimum absolute atomic E-state index is 0.165. The lowest BCUT2D eigenvalue weighted by atomic mass is 10.0. The summed E-state index contributed by atoms with van der Waals surface area (Å²) >= 11 is 0. The normalized spacial score (nSPS) is 24.7. The SMILES string of the molecule is CC1(C)COC(C)(C)N1C(=O)OCCCOC(=O)N1C(C)(C)COC1(C)C. The van der Waals surface area contributed by atoms with Crippen molar-refractivity contribution in [2.45, 2.75) is 84.3 Å². The third-order valence-corrected chi connectivity index (χ3v) is 4.95. The fraction of sp³-hybridized carbons (Fsp3) is 0.895. The maximum atomic E-state index is 12.4. The van der Waals surface area contributed by atoms with Crippen LogP contribution in [-0.4, -0.2) is 70.9 Å². The summed E-state index contributed by atoms with van der Waals surface area (Å²) < 4.78 is 22.1. The predicted molar refractivity (Wildman–Crippen MR) is 99.2 cm³/mol. The molecule has 0 spiro atoms. The molecule has 27 heavy (non-hydrogen) atoms. The first-order chi connectivity index (χ1) is 12.2. The van der Waals surface area contributed by atoms with Gasteiger partial charge in [0, 0.05) is 6.42 Å². The number of ether oxygens (including phenoxy) is 4. The molecule has 0 bridgehead atoms. The number of carbonyl (C=O) groups excluding carboxylic acids is 2. The van der Waals surface area contributed by atoms with Crippen LogP contribution < -0.4 is 0 Å². The average Bonchev–Trinajstić information content (AvgIpc) is 2.86. The Morgan fingerprint density at radius 3 is 1.33 bits per heavy atom. The third kappa shape index (κ3) is 4.48. The van der Waals surface area contributed by atoms with E-state index in [4.69, 9.17) is 18.9 Å². The number of hydrogen-bond acceptors (Lipinski definition) is 6. The second-order valence-electron chi connectivity index (χ2n) is 9.35. The molecule has 0 radical (unpaired) electrons. The van der Waals surface area contributed by atoms with E-state index in [0.29, 0.717) is 19.6 Å². The van der Waals surface area contributed by atoms with Crippen molar-refractivity contribution in [2.75, 3.05) is 26.4 Å². The molecule has 0 aromatic heterocycles. The van der Waals surface area contributed by atoms with Crippen molar-refractivity contribution in [3.8, 4) is 0 Å². The highest BCUT2D eigenvalue weighted by Crippen LogP contribution is 2.36. The Morgan fingerprint density at radius 2 is 1.07 bits per heavy atom. The zero-order chi connectivity index (χ0) is 20.7. The summed E-state index contributed by atoms with van der Waals surface area (Å²) in [7, 11) is 0. The van der Waals surface area contributed by atoms with Crippen LogP contribution in [0.15, 0.2) is 0 Å². The van der Waals surface area contributed by atoms with E-state index in [2.05, 4.69) is 0 Å². The van der Waals surface area contributed by atoms with E-state index in [1.165, 1.54) is 0 Å². The van der Waals surface area contributed by atoms with E-state index in [9.17, 15) is 9.59 Å². The zero-order valence-corrected chi connectivity index (χ0v) is 17.9. The maximum absolute atomic E-state index is 12.4. The molecule has 0 N–H and O–H groups in total. The van der Waals surface area contributed by atoms with Gasteiger partial charge in [-0.25, -0.2) is 9.59 Å². The summed E-state index contributed by atoms with van der Waals surface area (Å²) in [5.41, 5.74) is -2.28. The van der Waals surface area contributed by atoms with Crippen LogP contribution >= 0.6 is 0 Å². The molecule has 156 valence electrons. The van der Waals surface area contributed by atoms with E-state index in [0.717, 1.165) is 0 Å². The van der Waals surface area contributed by atoms with Gasteiger partial charge in [0.15, 0.2) is 0 Å². The van der Waals surface area contributed by atoms with E-state index in [-0.39, 0.29) is 13.2 Å². The Morgan fingerprint density at radius 1 is 0.741 bits per heavy atom. The van der Waals surface area contributed by atoms with Gasteiger partial charge in [0.25, 0.3) is 0 Å². The second-order valence-corrected chi connectivity index (χ2v) is 9.35. The van der Waals surface area contributed by atoms with Crippen molar-refractivity contribution in [1.29, 1.82) is 0 Å². The highest BCUT2D eigenvalue weighted by Gasteiger charge is 2.50. The molecule has 0 atom stereocenters. The molecule has 2 saturated heterocycles. The average molecular weight is 386 g/mol.